The Bertz CT molecular complexity index is 1040. The first-order chi connectivity index (χ1) is 14.2. The molecule has 1 saturated carbocycles. The van der Waals surface area contributed by atoms with E-state index in [0.717, 1.165) is 18.6 Å². The summed E-state index contributed by atoms with van der Waals surface area (Å²) in [4.78, 5) is 16.5. The number of nitrogens with one attached hydrogen (secondary N) is 1. The van der Waals surface area contributed by atoms with Gasteiger partial charge >= 0.3 is 0 Å². The fourth-order valence-corrected chi connectivity index (χ4v) is 2.90. The standard InChI is InChI=1S/C19H18N4O6/c1-10(27-12-4-5-14-16(6-12)26-9-25-14)19(24)20-8-17-21-18(23-29-17)13-7-15(28-22-13)11-2-3-11/h4-7,10-11H,2-3,8-9H2,1H3,(H,20,24)/t10-/m1/s1. The van der Waals surface area contributed by atoms with Crippen LogP contribution in [-0.4, -0.2) is 34.1 Å². The van der Waals surface area contributed by atoms with Crippen LogP contribution in [0.3, 0.4) is 0 Å². The summed E-state index contributed by atoms with van der Waals surface area (Å²) in [6.45, 7) is 1.90. The second-order valence-corrected chi connectivity index (χ2v) is 6.89. The number of carbonyl (C=O) groups excluding carboxylic acids is 1. The van der Waals surface area contributed by atoms with E-state index in [-0.39, 0.29) is 25.1 Å². The van der Waals surface area contributed by atoms with Gasteiger partial charge in [-0.3, -0.25) is 4.79 Å². The molecule has 2 aliphatic rings. The number of amides is 1. The van der Waals surface area contributed by atoms with Crippen LogP contribution in [0.1, 0.15) is 37.3 Å². The molecule has 3 heterocycles. The summed E-state index contributed by atoms with van der Waals surface area (Å²) in [6, 6.07) is 6.96. The third-order valence-electron chi connectivity index (χ3n) is 4.65. The Labute approximate surface area is 165 Å². The third kappa shape index (κ3) is 3.73. The molecule has 1 aliphatic heterocycles. The number of benzene rings is 1. The van der Waals surface area contributed by atoms with E-state index in [1.54, 1.807) is 25.1 Å². The molecular weight excluding hydrogens is 380 g/mol. The quantitative estimate of drug-likeness (QED) is 0.639. The lowest BCUT2D eigenvalue weighted by Crippen LogP contribution is -2.35. The van der Waals surface area contributed by atoms with Crippen LogP contribution in [0.15, 0.2) is 33.3 Å². The lowest BCUT2D eigenvalue weighted by atomic mass is 10.3. The van der Waals surface area contributed by atoms with Crippen LogP contribution >= 0.6 is 0 Å². The van der Waals surface area contributed by atoms with Crippen molar-refractivity contribution in [3.8, 4) is 28.8 Å². The van der Waals surface area contributed by atoms with Crippen LogP contribution in [0.5, 0.6) is 17.2 Å². The summed E-state index contributed by atoms with van der Waals surface area (Å²) in [6.07, 6.45) is 1.50. The summed E-state index contributed by atoms with van der Waals surface area (Å²) in [7, 11) is 0. The molecule has 3 aromatic rings. The minimum Gasteiger partial charge on any atom is -0.481 e. The molecule has 0 unspecified atom stereocenters. The van der Waals surface area contributed by atoms with Crippen LogP contribution in [0, 0.1) is 0 Å². The monoisotopic (exact) mass is 398 g/mol. The zero-order valence-corrected chi connectivity index (χ0v) is 15.6. The van der Waals surface area contributed by atoms with E-state index in [9.17, 15) is 4.79 Å². The van der Waals surface area contributed by atoms with Gasteiger partial charge in [-0.2, -0.15) is 4.98 Å². The molecular formula is C19H18N4O6. The molecule has 0 radical (unpaired) electrons. The first kappa shape index (κ1) is 17.5. The molecule has 0 spiro atoms. The van der Waals surface area contributed by atoms with Crippen molar-refractivity contribution in [2.24, 2.45) is 0 Å². The Morgan fingerprint density at radius 2 is 2.07 bits per heavy atom. The SMILES string of the molecule is C[C@@H](Oc1ccc2c(c1)OCO2)C(=O)NCc1nc(-c2cc(C3CC3)on2)no1. The second kappa shape index (κ2) is 7.12. The fourth-order valence-electron chi connectivity index (χ4n) is 2.90. The van der Waals surface area contributed by atoms with Gasteiger partial charge in [-0.25, -0.2) is 0 Å². The van der Waals surface area contributed by atoms with Crippen molar-refractivity contribution in [3.05, 3.63) is 35.9 Å². The lowest BCUT2D eigenvalue weighted by Gasteiger charge is -2.14. The van der Waals surface area contributed by atoms with E-state index >= 15 is 0 Å². The smallest absolute Gasteiger partial charge is 0.261 e. The first-order valence-electron chi connectivity index (χ1n) is 9.29. The minimum absolute atomic E-state index is 0.0774. The largest absolute Gasteiger partial charge is 0.481 e. The average Bonchev–Trinajstić information content (AvgIpc) is 3.14. The molecule has 1 fully saturated rings. The van der Waals surface area contributed by atoms with Gasteiger partial charge in [0.1, 0.15) is 11.5 Å². The van der Waals surface area contributed by atoms with Crippen LogP contribution < -0.4 is 19.5 Å². The number of nitrogens with zero attached hydrogens (tertiary/aromatic N) is 3. The van der Waals surface area contributed by atoms with Crippen molar-refractivity contribution in [1.29, 1.82) is 0 Å². The van der Waals surface area contributed by atoms with Crippen LogP contribution in [-0.2, 0) is 11.3 Å². The van der Waals surface area contributed by atoms with Gasteiger partial charge in [-0.05, 0) is 31.9 Å². The number of hydrogen-bond acceptors (Lipinski definition) is 9. The van der Waals surface area contributed by atoms with Crippen molar-refractivity contribution in [2.45, 2.75) is 38.3 Å². The molecule has 0 bridgehead atoms. The van der Waals surface area contributed by atoms with E-state index in [2.05, 4.69) is 20.6 Å². The van der Waals surface area contributed by atoms with Crippen molar-refractivity contribution in [2.75, 3.05) is 6.79 Å². The summed E-state index contributed by atoms with van der Waals surface area (Å²) in [5.74, 6) is 3.31. The molecule has 1 atom stereocenters. The van der Waals surface area contributed by atoms with Crippen LogP contribution in [0.25, 0.3) is 11.5 Å². The average molecular weight is 398 g/mol. The van der Waals surface area contributed by atoms with Crippen LogP contribution in [0.2, 0.25) is 0 Å². The Morgan fingerprint density at radius 3 is 2.93 bits per heavy atom. The first-order valence-corrected chi connectivity index (χ1v) is 9.29. The number of hydrogen-bond donors (Lipinski definition) is 1. The van der Waals surface area contributed by atoms with E-state index in [1.165, 1.54) is 0 Å². The number of fused-ring (bicyclic) bond motifs is 1. The van der Waals surface area contributed by atoms with Gasteiger partial charge < -0.3 is 28.6 Å². The molecule has 150 valence electrons. The van der Waals surface area contributed by atoms with Gasteiger partial charge in [-0.15, -0.1) is 0 Å². The summed E-state index contributed by atoms with van der Waals surface area (Å²) >= 11 is 0. The van der Waals surface area contributed by atoms with E-state index in [1.807, 2.05) is 6.07 Å². The molecule has 1 aliphatic carbocycles. The maximum absolute atomic E-state index is 12.3. The molecule has 1 amide bonds. The molecule has 2 aromatic heterocycles. The molecule has 1 aromatic carbocycles. The molecule has 10 nitrogen and oxygen atoms in total. The maximum Gasteiger partial charge on any atom is 0.261 e. The van der Waals surface area contributed by atoms with Gasteiger partial charge in [0.05, 0.1) is 6.54 Å². The number of rotatable bonds is 7. The Kier molecular flexibility index (Phi) is 4.30. The lowest BCUT2D eigenvalue weighted by molar-refractivity contribution is -0.127. The summed E-state index contributed by atoms with van der Waals surface area (Å²) in [5.41, 5.74) is 0.521. The highest BCUT2D eigenvalue weighted by atomic mass is 16.7. The maximum atomic E-state index is 12.3. The molecule has 5 rings (SSSR count). The molecule has 29 heavy (non-hydrogen) atoms. The van der Waals surface area contributed by atoms with E-state index in [4.69, 9.17) is 23.3 Å². The molecule has 1 N–H and O–H groups in total. The Balaban J connectivity index is 1.15. The van der Waals surface area contributed by atoms with Crippen molar-refractivity contribution in [3.63, 3.8) is 0 Å². The van der Waals surface area contributed by atoms with Gasteiger partial charge in [-0.1, -0.05) is 10.3 Å². The minimum atomic E-state index is -0.727. The molecule has 0 saturated heterocycles. The summed E-state index contributed by atoms with van der Waals surface area (Å²) < 4.78 is 26.7. The normalized spacial score (nSPS) is 15.9. The highest BCUT2D eigenvalue weighted by Crippen LogP contribution is 2.41. The Morgan fingerprint density at radius 1 is 1.21 bits per heavy atom. The highest BCUT2D eigenvalue weighted by molar-refractivity contribution is 5.80. The zero-order chi connectivity index (χ0) is 19.8. The van der Waals surface area contributed by atoms with Crippen molar-refractivity contribution in [1.82, 2.24) is 20.6 Å². The van der Waals surface area contributed by atoms with Gasteiger partial charge in [0.2, 0.25) is 18.5 Å². The van der Waals surface area contributed by atoms with Crippen molar-refractivity contribution < 1.29 is 28.1 Å². The predicted molar refractivity (Wildman–Crippen MR) is 96.3 cm³/mol. The van der Waals surface area contributed by atoms with Crippen LogP contribution in [0.4, 0.5) is 0 Å². The topological polar surface area (TPSA) is 122 Å². The van der Waals surface area contributed by atoms with Gasteiger partial charge in [0.25, 0.3) is 5.91 Å². The number of carbonyl (C=O) groups is 1. The predicted octanol–water partition coefficient (Wildman–Crippen LogP) is 2.41. The van der Waals surface area contributed by atoms with Crippen molar-refractivity contribution >= 4 is 5.91 Å². The number of aromatic nitrogens is 3. The zero-order valence-electron chi connectivity index (χ0n) is 15.6. The fraction of sp³-hybridized carbons (Fsp3) is 0.368. The van der Waals surface area contributed by atoms with Gasteiger partial charge in [0.15, 0.2) is 23.3 Å². The number of ether oxygens (including phenoxy) is 3. The van der Waals surface area contributed by atoms with E-state index in [0.29, 0.717) is 34.7 Å². The van der Waals surface area contributed by atoms with E-state index < -0.39 is 6.10 Å². The Hall–Kier alpha value is -3.56. The summed E-state index contributed by atoms with van der Waals surface area (Å²) in [5, 5.41) is 10.6. The van der Waals surface area contributed by atoms with Gasteiger partial charge in [0, 0.05) is 18.1 Å². The molecule has 10 heteroatoms. The third-order valence-corrected chi connectivity index (χ3v) is 4.65. The highest BCUT2D eigenvalue weighted by Gasteiger charge is 2.29. The second-order valence-electron chi connectivity index (χ2n) is 6.89.